The molecule has 136 valence electrons. The van der Waals surface area contributed by atoms with Crippen molar-refractivity contribution in [2.24, 2.45) is 0 Å². The van der Waals surface area contributed by atoms with E-state index in [1.807, 2.05) is 21.1 Å². The fourth-order valence-electron chi connectivity index (χ4n) is 2.43. The van der Waals surface area contributed by atoms with Crippen LogP contribution in [0.5, 0.6) is 0 Å². The molecule has 2 unspecified atom stereocenters. The number of nitrogens with zero attached hydrogens (tertiary/aromatic N) is 1. The molecule has 0 saturated heterocycles. The number of aliphatic hydroxyl groups excluding tert-OH is 1. The molecule has 0 amide bonds. The zero-order valence-electron chi connectivity index (χ0n) is 15.1. The van der Waals surface area contributed by atoms with Crippen LogP contribution in [0.4, 0.5) is 0 Å². The number of esters is 1. The first-order chi connectivity index (χ1) is 10.6. The minimum absolute atomic E-state index is 0.152. The first-order valence-corrected chi connectivity index (χ1v) is 8.50. The van der Waals surface area contributed by atoms with Gasteiger partial charge in [-0.15, -0.1) is 0 Å². The monoisotopic (exact) mass is 332 g/mol. The highest BCUT2D eigenvalue weighted by Gasteiger charge is 2.24. The smallest absolute Gasteiger partial charge is 0.307 e. The number of rotatable bonds is 13. The van der Waals surface area contributed by atoms with Crippen LogP contribution in [-0.2, 0) is 14.3 Å². The van der Waals surface area contributed by atoms with Gasteiger partial charge in [0.1, 0.15) is 6.54 Å². The Morgan fingerprint density at radius 2 is 1.61 bits per heavy atom. The number of quaternary nitrogens is 1. The molecule has 0 fully saturated rings. The summed E-state index contributed by atoms with van der Waals surface area (Å²) in [7, 11) is 5.82. The predicted molar refractivity (Wildman–Crippen MR) is 89.0 cm³/mol. The molecular formula is C17H34NO5+. The summed E-state index contributed by atoms with van der Waals surface area (Å²) in [4.78, 5) is 22.7. The lowest BCUT2D eigenvalue weighted by molar-refractivity contribution is -0.873. The van der Waals surface area contributed by atoms with Crippen LogP contribution in [0.3, 0.4) is 0 Å². The number of aliphatic carboxylic acids is 1. The van der Waals surface area contributed by atoms with Crippen LogP contribution < -0.4 is 0 Å². The number of likely N-dealkylation sites (N-methyl/N-ethyl adjacent to an activating group) is 1. The second kappa shape index (κ2) is 11.4. The minimum Gasteiger partial charge on any atom is -0.481 e. The number of carbonyl (C=O) groups is 2. The first-order valence-electron chi connectivity index (χ1n) is 8.50. The van der Waals surface area contributed by atoms with Gasteiger partial charge in [-0.1, -0.05) is 25.7 Å². The number of aliphatic hydroxyl groups is 1. The van der Waals surface area contributed by atoms with Gasteiger partial charge in [0.2, 0.25) is 0 Å². The number of carbonyl (C=O) groups excluding carboxylic acids is 1. The van der Waals surface area contributed by atoms with E-state index in [4.69, 9.17) is 14.9 Å². The van der Waals surface area contributed by atoms with Gasteiger partial charge in [0.05, 0.1) is 33.7 Å². The summed E-state index contributed by atoms with van der Waals surface area (Å²) in [6, 6.07) is 0. The zero-order valence-corrected chi connectivity index (χ0v) is 15.1. The number of hydrogen-bond acceptors (Lipinski definition) is 4. The summed E-state index contributed by atoms with van der Waals surface area (Å²) < 4.78 is 5.88. The lowest BCUT2D eigenvalue weighted by Crippen LogP contribution is -2.43. The van der Waals surface area contributed by atoms with Crippen LogP contribution >= 0.6 is 0 Å². The third kappa shape index (κ3) is 15.5. The molecule has 0 radical (unpaired) electrons. The van der Waals surface area contributed by atoms with Crippen LogP contribution in [0, 0.1) is 0 Å². The molecule has 0 aromatic rings. The number of carboxylic acids is 1. The Bertz CT molecular complexity index is 349. The van der Waals surface area contributed by atoms with E-state index >= 15 is 0 Å². The fraction of sp³-hybridized carbons (Fsp3) is 0.882. The molecule has 6 heteroatoms. The molecule has 0 heterocycles. The molecule has 0 aliphatic heterocycles. The third-order valence-electron chi connectivity index (χ3n) is 3.45. The van der Waals surface area contributed by atoms with Gasteiger partial charge in [0, 0.05) is 6.42 Å². The van der Waals surface area contributed by atoms with Gasteiger partial charge < -0.3 is 19.4 Å². The summed E-state index contributed by atoms with van der Waals surface area (Å²) in [5.41, 5.74) is 0. The second-order valence-corrected chi connectivity index (χ2v) is 7.34. The lowest BCUT2D eigenvalue weighted by Gasteiger charge is -2.28. The molecule has 0 rings (SSSR count). The molecule has 0 spiro atoms. The molecule has 6 nitrogen and oxygen atoms in total. The second-order valence-electron chi connectivity index (χ2n) is 7.34. The van der Waals surface area contributed by atoms with E-state index in [0.29, 0.717) is 17.4 Å². The number of carboxylic acid groups (broad SMARTS) is 1. The highest BCUT2D eigenvalue weighted by Crippen LogP contribution is 2.11. The molecule has 2 N–H and O–H groups in total. The van der Waals surface area contributed by atoms with Gasteiger partial charge in [0.15, 0.2) is 6.10 Å². The van der Waals surface area contributed by atoms with Crippen LogP contribution in [-0.4, -0.2) is 66.5 Å². The Morgan fingerprint density at radius 1 is 1.04 bits per heavy atom. The Balaban J connectivity index is 3.92. The van der Waals surface area contributed by atoms with Crippen LogP contribution in [0.15, 0.2) is 0 Å². The van der Waals surface area contributed by atoms with Crippen molar-refractivity contribution in [3.05, 3.63) is 0 Å². The Labute approximate surface area is 140 Å². The van der Waals surface area contributed by atoms with Crippen molar-refractivity contribution in [1.82, 2.24) is 0 Å². The standard InChI is InChI=1S/C17H33NO5/c1-14(19)10-8-6-5-7-9-11-17(22)23-15(12-16(20)21)13-18(2,3)4/h14-15,19H,5-13H2,1-4H3/p+1. The van der Waals surface area contributed by atoms with Crippen LogP contribution in [0.1, 0.15) is 58.3 Å². The van der Waals surface area contributed by atoms with E-state index in [1.54, 1.807) is 6.92 Å². The SMILES string of the molecule is CC(O)CCCCCCCC(=O)OC(CC(=O)O)C[N+](C)(C)C. The molecule has 0 aliphatic rings. The molecule has 2 atom stereocenters. The van der Waals surface area contributed by atoms with E-state index in [9.17, 15) is 9.59 Å². The Hall–Kier alpha value is -1.14. The summed E-state index contributed by atoms with van der Waals surface area (Å²) in [5, 5.41) is 18.1. The fourth-order valence-corrected chi connectivity index (χ4v) is 2.43. The van der Waals surface area contributed by atoms with E-state index in [-0.39, 0.29) is 18.5 Å². The van der Waals surface area contributed by atoms with Crippen LogP contribution in [0.2, 0.25) is 0 Å². The Kier molecular flexibility index (Phi) is 10.8. The lowest BCUT2D eigenvalue weighted by atomic mass is 10.1. The average Bonchev–Trinajstić information content (AvgIpc) is 2.34. The van der Waals surface area contributed by atoms with Crippen molar-refractivity contribution < 1.29 is 29.0 Å². The summed E-state index contributed by atoms with van der Waals surface area (Å²) >= 11 is 0. The number of unbranched alkanes of at least 4 members (excludes halogenated alkanes) is 4. The normalized spacial score (nSPS) is 14.3. The predicted octanol–water partition coefficient (Wildman–Crippen LogP) is 2.19. The average molecular weight is 332 g/mol. The van der Waals surface area contributed by atoms with Crippen molar-refractivity contribution >= 4 is 11.9 Å². The van der Waals surface area contributed by atoms with Gasteiger partial charge >= 0.3 is 11.9 Å². The van der Waals surface area contributed by atoms with Crippen molar-refractivity contribution in [1.29, 1.82) is 0 Å². The molecule has 0 saturated carbocycles. The quantitative estimate of drug-likeness (QED) is 0.307. The third-order valence-corrected chi connectivity index (χ3v) is 3.45. The molecule has 0 aliphatic carbocycles. The molecule has 23 heavy (non-hydrogen) atoms. The zero-order chi connectivity index (χ0) is 17.9. The van der Waals surface area contributed by atoms with Gasteiger partial charge in [-0.2, -0.15) is 0 Å². The molecular weight excluding hydrogens is 298 g/mol. The summed E-state index contributed by atoms with van der Waals surface area (Å²) in [6.45, 7) is 2.28. The van der Waals surface area contributed by atoms with E-state index in [1.165, 1.54) is 0 Å². The van der Waals surface area contributed by atoms with Crippen molar-refractivity contribution in [3.8, 4) is 0 Å². The maximum Gasteiger partial charge on any atom is 0.307 e. The summed E-state index contributed by atoms with van der Waals surface area (Å²) in [6.07, 6.45) is 5.01. The van der Waals surface area contributed by atoms with Gasteiger partial charge in [0.25, 0.3) is 0 Å². The first kappa shape index (κ1) is 21.9. The van der Waals surface area contributed by atoms with E-state index in [2.05, 4.69) is 0 Å². The van der Waals surface area contributed by atoms with Gasteiger partial charge in [-0.25, -0.2) is 0 Å². The van der Waals surface area contributed by atoms with E-state index in [0.717, 1.165) is 38.5 Å². The van der Waals surface area contributed by atoms with Crippen molar-refractivity contribution in [3.63, 3.8) is 0 Å². The maximum absolute atomic E-state index is 11.8. The molecule has 0 aromatic heterocycles. The number of ether oxygens (including phenoxy) is 1. The van der Waals surface area contributed by atoms with E-state index < -0.39 is 12.1 Å². The molecule has 0 aromatic carbocycles. The highest BCUT2D eigenvalue weighted by atomic mass is 16.5. The summed E-state index contributed by atoms with van der Waals surface area (Å²) in [5.74, 6) is -1.26. The largest absolute Gasteiger partial charge is 0.481 e. The highest BCUT2D eigenvalue weighted by molar-refractivity contribution is 5.71. The Morgan fingerprint density at radius 3 is 2.13 bits per heavy atom. The maximum atomic E-state index is 11.8. The minimum atomic E-state index is -0.950. The van der Waals surface area contributed by atoms with Crippen molar-refractivity contribution in [2.45, 2.75) is 70.5 Å². The van der Waals surface area contributed by atoms with Crippen molar-refractivity contribution in [2.75, 3.05) is 27.7 Å². The molecule has 0 bridgehead atoms. The topological polar surface area (TPSA) is 83.8 Å². The van der Waals surface area contributed by atoms with Gasteiger partial charge in [-0.3, -0.25) is 9.59 Å². The van der Waals surface area contributed by atoms with Gasteiger partial charge in [-0.05, 0) is 19.8 Å². The number of hydrogen-bond donors (Lipinski definition) is 2. The van der Waals surface area contributed by atoms with Crippen LogP contribution in [0.25, 0.3) is 0 Å².